The number of hydrogen-bond donors (Lipinski definition) is 1. The third-order valence-corrected chi connectivity index (χ3v) is 2.19. The molecule has 15 heavy (non-hydrogen) atoms. The number of nitrogens with two attached hydrogens (primary N) is 1. The van der Waals surface area contributed by atoms with Gasteiger partial charge in [-0.1, -0.05) is 0 Å². The topological polar surface area (TPSA) is 70.8 Å². The van der Waals surface area contributed by atoms with Crippen molar-refractivity contribution in [2.45, 2.75) is 0 Å². The maximum atomic E-state index is 11.6. The van der Waals surface area contributed by atoms with Crippen LogP contribution in [-0.4, -0.2) is 26.2 Å². The molecule has 1 aromatic carbocycles. The van der Waals surface area contributed by atoms with E-state index in [-0.39, 0.29) is 19.1 Å². The van der Waals surface area contributed by atoms with Crippen LogP contribution in [-0.2, 0) is 0 Å². The number of hydrogen-bond acceptors (Lipinski definition) is 5. The predicted molar refractivity (Wildman–Crippen MR) is 52.5 cm³/mol. The summed E-state index contributed by atoms with van der Waals surface area (Å²) in [6.45, 7) is 0.0313. The van der Waals surface area contributed by atoms with Crippen molar-refractivity contribution in [3.63, 3.8) is 0 Å². The first kappa shape index (κ1) is 9.79. The van der Waals surface area contributed by atoms with Crippen molar-refractivity contribution in [2.24, 2.45) is 5.73 Å². The molecule has 0 aromatic heterocycles. The molecule has 5 nitrogen and oxygen atoms in total. The molecule has 0 saturated heterocycles. The van der Waals surface area contributed by atoms with Crippen molar-refractivity contribution in [1.29, 1.82) is 0 Å². The van der Waals surface area contributed by atoms with Crippen LogP contribution in [0.3, 0.4) is 0 Å². The molecule has 2 rings (SSSR count). The van der Waals surface area contributed by atoms with Crippen LogP contribution in [0.25, 0.3) is 0 Å². The number of fused-ring (bicyclic) bond motifs is 1. The molecule has 0 spiro atoms. The van der Waals surface area contributed by atoms with Crippen LogP contribution in [0, 0.1) is 0 Å². The summed E-state index contributed by atoms with van der Waals surface area (Å²) >= 11 is 0. The Balaban J connectivity index is 2.57. The van der Waals surface area contributed by atoms with Gasteiger partial charge in [0, 0.05) is 0 Å². The third kappa shape index (κ3) is 1.50. The van der Waals surface area contributed by atoms with Gasteiger partial charge in [-0.25, -0.2) is 0 Å². The summed E-state index contributed by atoms with van der Waals surface area (Å²) in [4.78, 5) is 11.6. The molecular formula is C10H11NO4. The van der Waals surface area contributed by atoms with Crippen LogP contribution in [0.4, 0.5) is 0 Å². The maximum Gasteiger partial charge on any atom is 0.231 e. The minimum absolute atomic E-state index is 0.0871. The van der Waals surface area contributed by atoms with Crippen LogP contribution in [0.2, 0.25) is 0 Å². The lowest BCUT2D eigenvalue weighted by molar-refractivity contribution is 0.0993. The van der Waals surface area contributed by atoms with Gasteiger partial charge in [-0.15, -0.1) is 0 Å². The van der Waals surface area contributed by atoms with E-state index in [2.05, 4.69) is 0 Å². The zero-order valence-corrected chi connectivity index (χ0v) is 8.28. The smallest absolute Gasteiger partial charge is 0.231 e. The van der Waals surface area contributed by atoms with E-state index in [1.54, 1.807) is 12.1 Å². The van der Waals surface area contributed by atoms with E-state index in [1.165, 1.54) is 7.11 Å². The number of ether oxygens (including phenoxy) is 3. The van der Waals surface area contributed by atoms with E-state index in [4.69, 9.17) is 19.9 Å². The Morgan fingerprint density at radius 1 is 1.53 bits per heavy atom. The zero-order chi connectivity index (χ0) is 10.8. The first-order chi connectivity index (χ1) is 7.27. The van der Waals surface area contributed by atoms with Crippen LogP contribution < -0.4 is 19.9 Å². The third-order valence-electron chi connectivity index (χ3n) is 2.19. The summed E-state index contributed by atoms with van der Waals surface area (Å²) in [5, 5.41) is 0. The number of rotatable bonds is 3. The van der Waals surface area contributed by atoms with Crippen LogP contribution in [0.15, 0.2) is 12.1 Å². The van der Waals surface area contributed by atoms with Gasteiger partial charge in [0.15, 0.2) is 17.3 Å². The largest absolute Gasteiger partial charge is 0.496 e. The molecular weight excluding hydrogens is 198 g/mol. The lowest BCUT2D eigenvalue weighted by Crippen LogP contribution is -2.15. The molecule has 1 aliphatic heterocycles. The second-order valence-corrected chi connectivity index (χ2v) is 3.00. The number of ketones is 1. The SMILES string of the molecule is COc1ccc2c(c1C(=O)CN)OCO2. The van der Waals surface area contributed by atoms with E-state index in [0.29, 0.717) is 22.8 Å². The van der Waals surface area contributed by atoms with Crippen molar-refractivity contribution in [1.82, 2.24) is 0 Å². The number of methoxy groups -OCH3 is 1. The highest BCUT2D eigenvalue weighted by atomic mass is 16.7. The van der Waals surface area contributed by atoms with Gasteiger partial charge in [0.05, 0.1) is 13.7 Å². The Hall–Kier alpha value is -1.75. The van der Waals surface area contributed by atoms with Crippen molar-refractivity contribution in [3.05, 3.63) is 17.7 Å². The number of benzene rings is 1. The highest BCUT2D eigenvalue weighted by Gasteiger charge is 2.25. The Bertz CT molecular complexity index is 403. The average molecular weight is 209 g/mol. The monoisotopic (exact) mass is 209 g/mol. The highest BCUT2D eigenvalue weighted by Crippen LogP contribution is 2.40. The minimum atomic E-state index is -0.228. The standard InChI is InChI=1S/C10H11NO4/c1-13-7-2-3-8-10(15-5-14-8)9(7)6(12)4-11/h2-3H,4-5,11H2,1H3. The quantitative estimate of drug-likeness (QED) is 0.737. The summed E-state index contributed by atoms with van der Waals surface area (Å²) < 4.78 is 15.5. The highest BCUT2D eigenvalue weighted by molar-refractivity contribution is 6.03. The average Bonchev–Trinajstić information content (AvgIpc) is 2.74. The minimum Gasteiger partial charge on any atom is -0.496 e. The fourth-order valence-electron chi connectivity index (χ4n) is 1.49. The maximum absolute atomic E-state index is 11.6. The Morgan fingerprint density at radius 2 is 2.33 bits per heavy atom. The molecule has 0 unspecified atom stereocenters. The molecule has 0 saturated carbocycles. The first-order valence-electron chi connectivity index (χ1n) is 4.47. The summed E-state index contributed by atoms with van der Waals surface area (Å²) in [6.07, 6.45) is 0. The molecule has 1 heterocycles. The van der Waals surface area contributed by atoms with Crippen LogP contribution >= 0.6 is 0 Å². The van der Waals surface area contributed by atoms with Crippen LogP contribution in [0.5, 0.6) is 17.2 Å². The van der Waals surface area contributed by atoms with Gasteiger partial charge < -0.3 is 19.9 Å². The lowest BCUT2D eigenvalue weighted by atomic mass is 10.1. The second kappa shape index (κ2) is 3.78. The fourth-order valence-corrected chi connectivity index (χ4v) is 1.49. The molecule has 0 fully saturated rings. The summed E-state index contributed by atoms with van der Waals surface area (Å²) in [5.41, 5.74) is 5.68. The molecule has 0 bridgehead atoms. The van der Waals surface area contributed by atoms with E-state index in [9.17, 15) is 4.79 Å². The predicted octanol–water partition coefficient (Wildman–Crippen LogP) is 0.565. The molecule has 80 valence electrons. The van der Waals surface area contributed by atoms with Crippen LogP contribution in [0.1, 0.15) is 10.4 Å². The number of Topliss-reactive ketones (excluding diaryl/α,β-unsaturated/α-hetero) is 1. The molecule has 0 aliphatic carbocycles. The molecule has 1 aromatic rings. The number of carbonyl (C=O) groups excluding carboxylic acids is 1. The summed E-state index contributed by atoms with van der Waals surface area (Å²) in [5.74, 6) is 1.20. The Labute approximate surface area is 86.7 Å². The molecule has 1 aliphatic rings. The van der Waals surface area contributed by atoms with Gasteiger partial charge in [-0.2, -0.15) is 0 Å². The van der Waals surface area contributed by atoms with Gasteiger partial charge in [0.1, 0.15) is 11.3 Å². The van der Waals surface area contributed by atoms with Gasteiger partial charge >= 0.3 is 0 Å². The zero-order valence-electron chi connectivity index (χ0n) is 8.28. The molecule has 0 amide bonds. The van der Waals surface area contributed by atoms with Gasteiger partial charge in [0.25, 0.3) is 0 Å². The van der Waals surface area contributed by atoms with Gasteiger partial charge in [-0.3, -0.25) is 4.79 Å². The van der Waals surface area contributed by atoms with Crippen molar-refractivity contribution in [2.75, 3.05) is 20.4 Å². The Kier molecular flexibility index (Phi) is 2.47. The van der Waals surface area contributed by atoms with Crippen molar-refractivity contribution < 1.29 is 19.0 Å². The molecule has 2 N–H and O–H groups in total. The normalized spacial score (nSPS) is 12.7. The van der Waals surface area contributed by atoms with E-state index >= 15 is 0 Å². The first-order valence-corrected chi connectivity index (χ1v) is 4.47. The van der Waals surface area contributed by atoms with Crippen molar-refractivity contribution in [3.8, 4) is 17.2 Å². The van der Waals surface area contributed by atoms with E-state index in [0.717, 1.165) is 0 Å². The van der Waals surface area contributed by atoms with Crippen molar-refractivity contribution >= 4 is 5.78 Å². The molecule has 0 radical (unpaired) electrons. The van der Waals surface area contributed by atoms with Gasteiger partial charge in [0.2, 0.25) is 6.79 Å². The van der Waals surface area contributed by atoms with E-state index in [1.807, 2.05) is 0 Å². The second-order valence-electron chi connectivity index (χ2n) is 3.00. The van der Waals surface area contributed by atoms with Gasteiger partial charge in [-0.05, 0) is 12.1 Å². The fraction of sp³-hybridized carbons (Fsp3) is 0.300. The lowest BCUT2D eigenvalue weighted by Gasteiger charge is -2.09. The molecule has 0 atom stereocenters. The summed E-state index contributed by atoms with van der Waals surface area (Å²) in [7, 11) is 1.49. The molecule has 5 heteroatoms. The van der Waals surface area contributed by atoms with E-state index < -0.39 is 0 Å². The number of carbonyl (C=O) groups is 1. The Morgan fingerprint density at radius 3 is 3.00 bits per heavy atom. The summed E-state index contributed by atoms with van der Waals surface area (Å²) in [6, 6.07) is 3.37.